The maximum Gasteiger partial charge on any atom is 0.407 e. The van der Waals surface area contributed by atoms with Gasteiger partial charge < -0.3 is 20.7 Å². The van der Waals surface area contributed by atoms with Crippen LogP contribution in [0.2, 0.25) is 0 Å². The van der Waals surface area contributed by atoms with Gasteiger partial charge in [-0.15, -0.1) is 0 Å². The van der Waals surface area contributed by atoms with Crippen molar-refractivity contribution in [3.63, 3.8) is 0 Å². The Kier molecular flexibility index (Phi) is 11.5. The molecule has 2 aliphatic rings. The Morgan fingerprint density at radius 1 is 0.812 bits per heavy atom. The fourth-order valence-electron chi connectivity index (χ4n) is 6.30. The number of Topliss-reactive ketones (excluding diaryl/α,β-unsaturated/α-hetero) is 1. The van der Waals surface area contributed by atoms with Gasteiger partial charge in [0.15, 0.2) is 0 Å². The number of alkyl carbamates (subject to hydrolysis) is 1. The summed E-state index contributed by atoms with van der Waals surface area (Å²) in [6.45, 7) is 5.24. The van der Waals surface area contributed by atoms with E-state index in [2.05, 4.69) is 34.2 Å². The number of carbonyl (C=O) groups is 4. The van der Waals surface area contributed by atoms with E-state index in [0.29, 0.717) is 0 Å². The molecule has 9 nitrogen and oxygen atoms in total. The van der Waals surface area contributed by atoms with Crippen LogP contribution in [0.5, 0.6) is 0 Å². The number of carbonyl (C=O) groups excluding carboxylic acids is 4. The Morgan fingerprint density at radius 2 is 1.40 bits per heavy atom. The van der Waals surface area contributed by atoms with E-state index in [9.17, 15) is 24.4 Å². The summed E-state index contributed by atoms with van der Waals surface area (Å²) >= 11 is 0. The van der Waals surface area contributed by atoms with E-state index in [-0.39, 0.29) is 35.5 Å². The zero-order valence-electron chi connectivity index (χ0n) is 27.5. The smallest absolute Gasteiger partial charge is 0.407 e. The fourth-order valence-corrected chi connectivity index (χ4v) is 8.55. The van der Waals surface area contributed by atoms with E-state index >= 15 is 0 Å². The Bertz CT molecular complexity index is 1700. The highest BCUT2D eigenvalue weighted by Gasteiger charge is 2.33. The fraction of sp³-hybridized carbons (Fsp3) is 0.368. The topological polar surface area (TPSA) is 137 Å². The van der Waals surface area contributed by atoms with Crippen molar-refractivity contribution in [2.45, 2.75) is 64.1 Å². The number of hydrogen-bond donors (Lipinski definition) is 3. The average Bonchev–Trinajstić information content (AvgIpc) is 3.73. The molecule has 1 saturated heterocycles. The second-order valence-corrected chi connectivity index (χ2v) is 14.8. The van der Waals surface area contributed by atoms with Crippen LogP contribution in [0.25, 0.3) is 11.1 Å². The molecular weight excluding hydrogens is 625 g/mol. The number of nitriles is 1. The molecule has 1 fully saturated rings. The zero-order chi connectivity index (χ0) is 34.2. The molecule has 0 unspecified atom stereocenters. The van der Waals surface area contributed by atoms with Gasteiger partial charge in [-0.1, -0.05) is 92.7 Å². The minimum absolute atomic E-state index is 0.0894. The molecule has 5 rings (SSSR count). The van der Waals surface area contributed by atoms with Crippen molar-refractivity contribution in [2.24, 2.45) is 5.92 Å². The number of benzene rings is 3. The van der Waals surface area contributed by atoms with Crippen molar-refractivity contribution in [2.75, 3.05) is 18.1 Å². The lowest BCUT2D eigenvalue weighted by Gasteiger charge is -2.25. The first-order valence-electron chi connectivity index (χ1n) is 16.4. The Hall–Kier alpha value is -4.75. The Labute approximate surface area is 284 Å². The number of nitrogens with one attached hydrogen (secondary N) is 3. The maximum absolute atomic E-state index is 13.6. The summed E-state index contributed by atoms with van der Waals surface area (Å²) < 4.78 is 5.72. The van der Waals surface area contributed by atoms with E-state index in [4.69, 9.17) is 4.74 Å². The van der Waals surface area contributed by atoms with Crippen LogP contribution in [0.15, 0.2) is 78.9 Å². The van der Waals surface area contributed by atoms with Crippen molar-refractivity contribution in [1.82, 2.24) is 16.0 Å². The lowest BCUT2D eigenvalue weighted by Crippen LogP contribution is -2.56. The molecule has 3 N–H and O–H groups in total. The van der Waals surface area contributed by atoms with Gasteiger partial charge in [-0.25, -0.2) is 4.79 Å². The monoisotopic (exact) mass is 666 g/mol. The second-order valence-electron chi connectivity index (χ2n) is 12.6. The molecule has 3 aromatic rings. The minimum Gasteiger partial charge on any atom is -0.449 e. The minimum atomic E-state index is -1.04. The Balaban J connectivity index is 1.25. The number of ketones is 1. The summed E-state index contributed by atoms with van der Waals surface area (Å²) in [4.78, 5) is 53.7. The van der Waals surface area contributed by atoms with Crippen LogP contribution in [0.3, 0.4) is 0 Å². The summed E-state index contributed by atoms with van der Waals surface area (Å²) in [7, 11) is -0.390. The Morgan fingerprint density at radius 3 is 1.98 bits per heavy atom. The van der Waals surface area contributed by atoms with Gasteiger partial charge in [-0.2, -0.15) is 15.7 Å². The number of ether oxygens (including phenoxy) is 1. The van der Waals surface area contributed by atoms with Gasteiger partial charge >= 0.3 is 6.09 Å². The van der Waals surface area contributed by atoms with Gasteiger partial charge in [0.05, 0.1) is 6.04 Å². The third-order valence-corrected chi connectivity index (χ3v) is 11.3. The molecule has 0 saturated carbocycles. The van der Waals surface area contributed by atoms with Crippen LogP contribution in [0, 0.1) is 17.2 Å². The normalized spacial score (nSPS) is 15.7. The van der Waals surface area contributed by atoms with Crippen LogP contribution in [-0.2, 0) is 25.5 Å². The zero-order valence-corrected chi connectivity index (χ0v) is 28.3. The molecule has 3 atom stereocenters. The lowest BCUT2D eigenvalue weighted by atomic mass is 9.97. The van der Waals surface area contributed by atoms with Crippen molar-refractivity contribution >= 4 is 39.0 Å². The van der Waals surface area contributed by atoms with E-state index < -0.39 is 46.5 Å². The summed E-state index contributed by atoms with van der Waals surface area (Å²) in [6.07, 6.45) is 1.39. The van der Waals surface area contributed by atoms with E-state index in [0.717, 1.165) is 52.2 Å². The summed E-state index contributed by atoms with van der Waals surface area (Å²) in [5.74, 6) is -0.249. The number of rotatable bonds is 12. The molecule has 3 amide bonds. The number of amides is 3. The van der Waals surface area contributed by atoms with Crippen molar-refractivity contribution in [3.05, 3.63) is 95.6 Å². The first-order chi connectivity index (χ1) is 23.2. The van der Waals surface area contributed by atoms with Crippen LogP contribution in [-0.4, -0.2) is 64.8 Å². The molecule has 48 heavy (non-hydrogen) atoms. The van der Waals surface area contributed by atoms with Crippen LogP contribution >= 0.6 is 10.5 Å². The number of hydrogen-bond acceptors (Lipinski definition) is 6. The van der Waals surface area contributed by atoms with Gasteiger partial charge in [-0.05, 0) is 65.0 Å². The predicted molar refractivity (Wildman–Crippen MR) is 189 cm³/mol. The molecule has 10 heteroatoms. The van der Waals surface area contributed by atoms with Crippen LogP contribution in [0.1, 0.15) is 56.2 Å². The molecule has 1 heterocycles. The van der Waals surface area contributed by atoms with Crippen LogP contribution in [0.4, 0.5) is 4.79 Å². The van der Waals surface area contributed by atoms with Crippen molar-refractivity contribution < 1.29 is 23.9 Å². The molecule has 1 aliphatic heterocycles. The largest absolute Gasteiger partial charge is 0.449 e. The first-order valence-corrected chi connectivity index (χ1v) is 18.0. The standard InChI is InChI=1S/C38H42N4O5S/c1-24(2)34(35(43)33(22-39)48-19-11-12-20-48)42-36(44)25(3)40-37(45)32(21-26-13-5-4-6-14-26)41-38(46)47-23-31-29-17-9-7-15-27(29)28-16-8-10-18-30(28)31/h4-10,13-18,24-25,31-32,34H,11-12,19-21,23H2,1-3H3,(H,40,45)(H,41,46)(H,42,44)/t25-,32-,34-/m0/s1. The molecule has 0 radical (unpaired) electrons. The van der Waals surface area contributed by atoms with Crippen LogP contribution < -0.4 is 16.0 Å². The summed E-state index contributed by atoms with van der Waals surface area (Å²) in [5, 5.41) is 18.0. The third-order valence-electron chi connectivity index (χ3n) is 8.88. The summed E-state index contributed by atoms with van der Waals surface area (Å²) in [6, 6.07) is 24.5. The molecule has 3 aromatic carbocycles. The molecule has 0 spiro atoms. The quantitative estimate of drug-likeness (QED) is 0.230. The van der Waals surface area contributed by atoms with Crippen molar-refractivity contribution in [3.8, 4) is 17.2 Å². The van der Waals surface area contributed by atoms with Crippen molar-refractivity contribution in [1.29, 1.82) is 5.26 Å². The molecule has 0 bridgehead atoms. The molecule has 250 valence electrons. The third kappa shape index (κ3) is 8.03. The molecule has 1 aliphatic carbocycles. The van der Waals surface area contributed by atoms with E-state index in [1.165, 1.54) is 6.92 Å². The molecule has 0 aromatic heterocycles. The van der Waals surface area contributed by atoms with Gasteiger partial charge in [0.25, 0.3) is 0 Å². The van der Waals surface area contributed by atoms with E-state index in [1.807, 2.05) is 80.6 Å². The SMILES string of the molecule is CC(C)[C@H](NC(=O)[C@H](C)NC(=O)[C@H](Cc1ccccc1)NC(=O)OCC1c2ccccc2-c2ccccc21)C(=O)C(C#N)=S1CCCC1. The second kappa shape index (κ2) is 15.9. The van der Waals surface area contributed by atoms with E-state index in [1.54, 1.807) is 0 Å². The number of nitrogens with zero attached hydrogens (tertiary/aromatic N) is 1. The number of fused-ring (bicyclic) bond motifs is 3. The highest BCUT2D eigenvalue weighted by molar-refractivity contribution is 8.17. The summed E-state index contributed by atoms with van der Waals surface area (Å²) in [5.41, 5.74) is 5.18. The maximum atomic E-state index is 13.6. The highest BCUT2D eigenvalue weighted by Crippen LogP contribution is 2.44. The average molecular weight is 667 g/mol. The van der Waals surface area contributed by atoms with Gasteiger partial charge in [0.2, 0.25) is 17.6 Å². The van der Waals surface area contributed by atoms with Gasteiger partial charge in [0, 0.05) is 12.3 Å². The van der Waals surface area contributed by atoms with Gasteiger partial charge in [0.1, 0.15) is 29.6 Å². The highest BCUT2D eigenvalue weighted by atomic mass is 32.2. The first kappa shape index (κ1) is 34.6. The lowest BCUT2D eigenvalue weighted by molar-refractivity contribution is -0.131. The van der Waals surface area contributed by atoms with Gasteiger partial charge in [-0.3, -0.25) is 14.4 Å². The molecular formula is C38H42N4O5S. The predicted octanol–water partition coefficient (Wildman–Crippen LogP) is 5.11.